The summed E-state index contributed by atoms with van der Waals surface area (Å²) < 4.78 is 5.46. The van der Waals surface area contributed by atoms with Gasteiger partial charge >= 0.3 is 0 Å². The van der Waals surface area contributed by atoms with Gasteiger partial charge in [-0.05, 0) is 30.2 Å². The smallest absolute Gasteiger partial charge is 0.232 e. The van der Waals surface area contributed by atoms with Crippen molar-refractivity contribution < 1.29 is 14.4 Å². The average Bonchev–Trinajstić information content (AvgIpc) is 3.47. The van der Waals surface area contributed by atoms with Crippen LogP contribution in [0.3, 0.4) is 0 Å². The van der Waals surface area contributed by atoms with Gasteiger partial charge in [0.15, 0.2) is 0 Å². The zero-order chi connectivity index (χ0) is 24.1. The Morgan fingerprint density at radius 1 is 1.21 bits per heavy atom. The van der Waals surface area contributed by atoms with Crippen LogP contribution in [0.4, 0.5) is 0 Å². The van der Waals surface area contributed by atoms with Crippen LogP contribution in [0, 0.1) is 5.41 Å². The van der Waals surface area contributed by atoms with E-state index in [1.165, 1.54) is 5.56 Å². The highest BCUT2D eigenvalue weighted by atomic mass is 16.5. The molecular formula is C26H31N5O3. The van der Waals surface area contributed by atoms with Crippen molar-refractivity contribution in [2.45, 2.75) is 44.6 Å². The number of nitrogens with one attached hydrogen (secondary N) is 1. The number of benzene rings is 1. The molecule has 8 nitrogen and oxygen atoms in total. The normalized spacial score (nSPS) is 21.8. The van der Waals surface area contributed by atoms with Crippen molar-refractivity contribution in [3.8, 4) is 11.4 Å². The summed E-state index contributed by atoms with van der Waals surface area (Å²) in [6, 6.07) is 10.1. The fourth-order valence-corrected chi connectivity index (χ4v) is 5.40. The zero-order valence-electron chi connectivity index (χ0n) is 20.1. The van der Waals surface area contributed by atoms with E-state index in [1.807, 2.05) is 18.2 Å². The first-order valence-corrected chi connectivity index (χ1v) is 11.8. The minimum atomic E-state index is -1.24. The molecule has 3 aromatic rings. The third kappa shape index (κ3) is 3.71. The molecule has 2 aromatic heterocycles. The van der Waals surface area contributed by atoms with Crippen molar-refractivity contribution in [1.82, 2.24) is 25.3 Å². The minimum Gasteiger partial charge on any atom is -0.380 e. The molecule has 0 saturated carbocycles. The first-order valence-electron chi connectivity index (χ1n) is 11.8. The Kier molecular flexibility index (Phi) is 5.53. The Balaban J connectivity index is 1.54. The van der Waals surface area contributed by atoms with Crippen LogP contribution >= 0.6 is 0 Å². The van der Waals surface area contributed by atoms with Crippen LogP contribution in [0.2, 0.25) is 0 Å². The summed E-state index contributed by atoms with van der Waals surface area (Å²) in [4.78, 5) is 22.7. The molecule has 0 aliphatic carbocycles. The lowest BCUT2D eigenvalue weighted by Crippen LogP contribution is -2.63. The summed E-state index contributed by atoms with van der Waals surface area (Å²) >= 11 is 0. The molecule has 4 heterocycles. The molecule has 2 fully saturated rings. The standard InChI is InChI=1S/C26H31N5O3/c1-16(2)17-5-7-20(8-6-17)26(33,25(3)14-31(4)15-25)21-9-18(11-27-13-21)23-29-24(34-30-23)19-10-22(32)28-12-19/h5-9,11,13,16,19,33H,10,12,14-15H2,1-4H3,(H,28,32). The number of hydrogen-bond acceptors (Lipinski definition) is 7. The van der Waals surface area contributed by atoms with Gasteiger partial charge in [-0.3, -0.25) is 9.78 Å². The summed E-state index contributed by atoms with van der Waals surface area (Å²) in [5, 5.41) is 19.3. The summed E-state index contributed by atoms with van der Waals surface area (Å²) in [6.45, 7) is 8.45. The van der Waals surface area contributed by atoms with Crippen molar-refractivity contribution in [3.05, 3.63) is 65.3 Å². The number of rotatable bonds is 6. The number of nitrogens with zero attached hydrogens (tertiary/aromatic N) is 4. The molecule has 2 saturated heterocycles. The van der Waals surface area contributed by atoms with Gasteiger partial charge < -0.3 is 19.8 Å². The average molecular weight is 462 g/mol. The number of hydrogen-bond donors (Lipinski definition) is 2. The number of aromatic nitrogens is 3. The largest absolute Gasteiger partial charge is 0.380 e. The molecule has 2 atom stereocenters. The van der Waals surface area contributed by atoms with E-state index < -0.39 is 5.60 Å². The first kappa shape index (κ1) is 22.7. The van der Waals surface area contributed by atoms with Crippen LogP contribution in [-0.4, -0.2) is 57.7 Å². The maximum absolute atomic E-state index is 12.4. The summed E-state index contributed by atoms with van der Waals surface area (Å²) in [5.41, 5.74) is 1.80. The fraction of sp³-hybridized carbons (Fsp3) is 0.462. The van der Waals surface area contributed by atoms with Gasteiger partial charge in [-0.1, -0.05) is 50.2 Å². The van der Waals surface area contributed by atoms with Crippen LogP contribution in [0.15, 0.2) is 47.2 Å². The maximum atomic E-state index is 12.4. The molecule has 1 aromatic carbocycles. The topological polar surface area (TPSA) is 104 Å². The molecule has 34 heavy (non-hydrogen) atoms. The molecular weight excluding hydrogens is 430 g/mol. The highest BCUT2D eigenvalue weighted by molar-refractivity contribution is 5.79. The Labute approximate surface area is 199 Å². The van der Waals surface area contributed by atoms with Gasteiger partial charge in [-0.25, -0.2) is 0 Å². The molecule has 2 N–H and O–H groups in total. The Morgan fingerprint density at radius 2 is 1.94 bits per heavy atom. The van der Waals surface area contributed by atoms with E-state index in [0.717, 1.165) is 18.7 Å². The third-order valence-electron chi connectivity index (χ3n) is 7.29. The highest BCUT2D eigenvalue weighted by Crippen LogP contribution is 2.50. The van der Waals surface area contributed by atoms with Crippen LogP contribution in [0.5, 0.6) is 0 Å². The van der Waals surface area contributed by atoms with E-state index in [0.29, 0.717) is 41.7 Å². The Bertz CT molecular complexity index is 1200. The molecule has 1 amide bonds. The van der Waals surface area contributed by atoms with E-state index in [9.17, 15) is 9.90 Å². The van der Waals surface area contributed by atoms with E-state index in [-0.39, 0.29) is 17.2 Å². The highest BCUT2D eigenvalue weighted by Gasteiger charge is 2.55. The summed E-state index contributed by atoms with van der Waals surface area (Å²) in [7, 11) is 2.06. The predicted molar refractivity (Wildman–Crippen MR) is 127 cm³/mol. The molecule has 178 valence electrons. The van der Waals surface area contributed by atoms with Gasteiger partial charge in [-0.2, -0.15) is 4.98 Å². The number of aliphatic hydroxyl groups is 1. The molecule has 8 heteroatoms. The van der Waals surface area contributed by atoms with E-state index in [4.69, 9.17) is 4.52 Å². The van der Waals surface area contributed by atoms with Gasteiger partial charge in [0.25, 0.3) is 0 Å². The third-order valence-corrected chi connectivity index (χ3v) is 7.29. The molecule has 0 spiro atoms. The molecule has 0 radical (unpaired) electrons. The van der Waals surface area contributed by atoms with Gasteiger partial charge in [-0.15, -0.1) is 0 Å². The number of carbonyl (C=O) groups excluding carboxylic acids is 1. The quantitative estimate of drug-likeness (QED) is 0.581. The van der Waals surface area contributed by atoms with Crippen LogP contribution in [0.25, 0.3) is 11.4 Å². The lowest BCUT2D eigenvalue weighted by atomic mass is 9.62. The van der Waals surface area contributed by atoms with Crippen molar-refractivity contribution in [3.63, 3.8) is 0 Å². The molecule has 5 rings (SSSR count). The first-order chi connectivity index (χ1) is 16.2. The summed E-state index contributed by atoms with van der Waals surface area (Å²) in [6.07, 6.45) is 3.75. The lowest BCUT2D eigenvalue weighted by Gasteiger charge is -2.55. The van der Waals surface area contributed by atoms with Crippen LogP contribution in [0.1, 0.15) is 61.6 Å². The molecule has 2 aliphatic rings. The van der Waals surface area contributed by atoms with Crippen LogP contribution in [-0.2, 0) is 10.4 Å². The SMILES string of the molecule is CC(C)c1ccc(C(O)(c2cncc(-c3noc(C4CNC(=O)C4)n3)c2)C2(C)CN(C)C2)cc1. The van der Waals surface area contributed by atoms with Gasteiger partial charge in [0, 0.05) is 55.0 Å². The fourth-order valence-electron chi connectivity index (χ4n) is 5.40. The van der Waals surface area contributed by atoms with Crippen LogP contribution < -0.4 is 5.32 Å². The van der Waals surface area contributed by atoms with E-state index in [1.54, 1.807) is 12.4 Å². The summed E-state index contributed by atoms with van der Waals surface area (Å²) in [5.74, 6) is 1.12. The maximum Gasteiger partial charge on any atom is 0.232 e. The monoisotopic (exact) mass is 461 g/mol. The van der Waals surface area contributed by atoms with Gasteiger partial charge in [0.05, 0.1) is 5.92 Å². The van der Waals surface area contributed by atoms with Crippen molar-refractivity contribution in [1.29, 1.82) is 0 Å². The van der Waals surface area contributed by atoms with Crippen molar-refractivity contribution >= 4 is 5.91 Å². The second-order valence-corrected chi connectivity index (χ2v) is 10.3. The molecule has 0 bridgehead atoms. The van der Waals surface area contributed by atoms with Gasteiger partial charge in [0.2, 0.25) is 17.6 Å². The number of pyridine rings is 1. The Morgan fingerprint density at radius 3 is 2.56 bits per heavy atom. The van der Waals surface area contributed by atoms with E-state index >= 15 is 0 Å². The second kappa shape index (κ2) is 8.29. The van der Waals surface area contributed by atoms with Crippen molar-refractivity contribution in [2.24, 2.45) is 5.41 Å². The number of amides is 1. The minimum absolute atomic E-state index is 0.0133. The molecule has 2 aliphatic heterocycles. The van der Waals surface area contributed by atoms with E-state index in [2.05, 4.69) is 65.3 Å². The molecule has 2 unspecified atom stereocenters. The second-order valence-electron chi connectivity index (χ2n) is 10.3. The predicted octanol–water partition coefficient (Wildman–Crippen LogP) is 3.05. The number of likely N-dealkylation sites (tertiary alicyclic amines) is 1. The van der Waals surface area contributed by atoms with Gasteiger partial charge in [0.1, 0.15) is 5.60 Å². The zero-order valence-corrected chi connectivity index (χ0v) is 20.1. The number of carbonyl (C=O) groups is 1. The lowest BCUT2D eigenvalue weighted by molar-refractivity contribution is -0.127. The van der Waals surface area contributed by atoms with Crippen molar-refractivity contribution in [2.75, 3.05) is 26.7 Å². The Hall–Kier alpha value is -3.10.